The van der Waals surface area contributed by atoms with E-state index in [1.54, 1.807) is 18.6 Å². The highest BCUT2D eigenvalue weighted by atomic mass is 16.5. The lowest BCUT2D eigenvalue weighted by molar-refractivity contribution is 0.0674. The van der Waals surface area contributed by atoms with Crippen LogP contribution in [0.15, 0.2) is 18.6 Å². The standard InChI is InChI=1S/C12H19N3O/c1-10(2)15-7-3-4-11(9-15)16-12-8-13-5-6-14-12/h5-6,8,10-11H,3-4,7,9H2,1-2H3. The molecule has 1 fully saturated rings. The highest BCUT2D eigenvalue weighted by Gasteiger charge is 2.23. The van der Waals surface area contributed by atoms with Crippen molar-refractivity contribution in [3.63, 3.8) is 0 Å². The Balaban J connectivity index is 1.90. The van der Waals surface area contributed by atoms with Gasteiger partial charge in [0.25, 0.3) is 0 Å². The monoisotopic (exact) mass is 221 g/mol. The number of nitrogens with zero attached hydrogens (tertiary/aromatic N) is 3. The molecule has 1 aromatic rings. The molecule has 1 aliphatic rings. The SMILES string of the molecule is CC(C)N1CCCC(Oc2cnccn2)C1. The first-order valence-electron chi connectivity index (χ1n) is 5.92. The van der Waals surface area contributed by atoms with Gasteiger partial charge in [0.05, 0.1) is 6.20 Å². The van der Waals surface area contributed by atoms with Gasteiger partial charge in [0.1, 0.15) is 6.10 Å². The van der Waals surface area contributed by atoms with Crippen molar-refractivity contribution in [3.05, 3.63) is 18.6 Å². The van der Waals surface area contributed by atoms with Crippen molar-refractivity contribution in [1.82, 2.24) is 14.9 Å². The highest BCUT2D eigenvalue weighted by molar-refractivity contribution is 5.02. The molecule has 0 radical (unpaired) electrons. The minimum absolute atomic E-state index is 0.257. The summed E-state index contributed by atoms with van der Waals surface area (Å²) >= 11 is 0. The molecule has 0 spiro atoms. The molecular weight excluding hydrogens is 202 g/mol. The Labute approximate surface area is 96.7 Å². The van der Waals surface area contributed by atoms with Crippen molar-refractivity contribution in [2.75, 3.05) is 13.1 Å². The lowest BCUT2D eigenvalue weighted by Gasteiger charge is -2.35. The lowest BCUT2D eigenvalue weighted by Crippen LogP contribution is -2.44. The third-order valence-corrected chi connectivity index (χ3v) is 2.97. The van der Waals surface area contributed by atoms with Crippen LogP contribution in [0.5, 0.6) is 5.88 Å². The molecule has 2 heterocycles. The molecule has 1 atom stereocenters. The summed E-state index contributed by atoms with van der Waals surface area (Å²) in [6, 6.07) is 0.591. The third-order valence-electron chi connectivity index (χ3n) is 2.97. The molecule has 1 aromatic heterocycles. The van der Waals surface area contributed by atoms with E-state index in [1.165, 1.54) is 13.0 Å². The molecule has 4 heteroatoms. The van der Waals surface area contributed by atoms with Gasteiger partial charge in [0.2, 0.25) is 5.88 Å². The van der Waals surface area contributed by atoms with E-state index < -0.39 is 0 Å². The van der Waals surface area contributed by atoms with E-state index in [2.05, 4.69) is 28.7 Å². The molecule has 4 nitrogen and oxygen atoms in total. The number of aromatic nitrogens is 2. The molecule has 1 saturated heterocycles. The van der Waals surface area contributed by atoms with Gasteiger partial charge in [-0.25, -0.2) is 4.98 Å². The molecule has 88 valence electrons. The minimum Gasteiger partial charge on any atom is -0.472 e. The normalized spacial score (nSPS) is 22.3. The fourth-order valence-electron chi connectivity index (χ4n) is 2.05. The zero-order chi connectivity index (χ0) is 11.4. The maximum Gasteiger partial charge on any atom is 0.232 e. The Morgan fingerprint density at radius 2 is 2.31 bits per heavy atom. The van der Waals surface area contributed by atoms with E-state index in [-0.39, 0.29) is 6.10 Å². The Kier molecular flexibility index (Phi) is 3.72. The summed E-state index contributed by atoms with van der Waals surface area (Å²) in [5.74, 6) is 0.637. The summed E-state index contributed by atoms with van der Waals surface area (Å²) in [6.45, 7) is 6.63. The van der Waals surface area contributed by atoms with Gasteiger partial charge < -0.3 is 4.74 Å². The smallest absolute Gasteiger partial charge is 0.232 e. The van der Waals surface area contributed by atoms with E-state index in [1.807, 2.05) is 0 Å². The molecule has 0 N–H and O–H groups in total. The summed E-state index contributed by atoms with van der Waals surface area (Å²) in [5.41, 5.74) is 0. The number of ether oxygens (including phenoxy) is 1. The summed E-state index contributed by atoms with van der Waals surface area (Å²) < 4.78 is 5.82. The van der Waals surface area contributed by atoms with Crippen molar-refractivity contribution in [2.24, 2.45) is 0 Å². The van der Waals surface area contributed by atoms with Crippen LogP contribution in [0.1, 0.15) is 26.7 Å². The second kappa shape index (κ2) is 5.25. The average molecular weight is 221 g/mol. The Hall–Kier alpha value is -1.16. The van der Waals surface area contributed by atoms with Crippen LogP contribution in [-0.4, -0.2) is 40.1 Å². The second-order valence-corrected chi connectivity index (χ2v) is 4.51. The predicted molar refractivity (Wildman–Crippen MR) is 62.4 cm³/mol. The third kappa shape index (κ3) is 2.92. The van der Waals surface area contributed by atoms with Gasteiger partial charge in [-0.3, -0.25) is 9.88 Å². The number of hydrogen-bond acceptors (Lipinski definition) is 4. The molecule has 1 unspecified atom stereocenters. The van der Waals surface area contributed by atoms with Gasteiger partial charge in [-0.15, -0.1) is 0 Å². The lowest BCUT2D eigenvalue weighted by atomic mass is 10.1. The first kappa shape index (κ1) is 11.3. The van der Waals surface area contributed by atoms with Crippen molar-refractivity contribution in [1.29, 1.82) is 0 Å². The number of rotatable bonds is 3. The molecular formula is C12H19N3O. The van der Waals surface area contributed by atoms with Crippen molar-refractivity contribution in [3.8, 4) is 5.88 Å². The molecule has 16 heavy (non-hydrogen) atoms. The van der Waals surface area contributed by atoms with Crippen molar-refractivity contribution in [2.45, 2.75) is 38.8 Å². The van der Waals surface area contributed by atoms with Crippen molar-refractivity contribution < 1.29 is 4.74 Å². The predicted octanol–water partition coefficient (Wildman–Crippen LogP) is 1.73. The number of hydrogen-bond donors (Lipinski definition) is 0. The average Bonchev–Trinajstić information content (AvgIpc) is 2.30. The van der Waals surface area contributed by atoms with Crippen LogP contribution < -0.4 is 4.74 Å². The number of piperidine rings is 1. The molecule has 2 rings (SSSR count). The fourth-order valence-corrected chi connectivity index (χ4v) is 2.05. The molecule has 0 aromatic carbocycles. The van der Waals surface area contributed by atoms with Gasteiger partial charge in [-0.1, -0.05) is 0 Å². The fraction of sp³-hybridized carbons (Fsp3) is 0.667. The second-order valence-electron chi connectivity index (χ2n) is 4.51. The maximum atomic E-state index is 5.82. The van der Waals surface area contributed by atoms with E-state index in [0.29, 0.717) is 11.9 Å². The Bertz CT molecular complexity index is 315. The minimum atomic E-state index is 0.257. The van der Waals surface area contributed by atoms with E-state index in [4.69, 9.17) is 4.74 Å². The topological polar surface area (TPSA) is 38.2 Å². The van der Waals surface area contributed by atoms with Crippen LogP contribution in [0.2, 0.25) is 0 Å². The van der Waals surface area contributed by atoms with Crippen LogP contribution in [0.25, 0.3) is 0 Å². The zero-order valence-electron chi connectivity index (χ0n) is 9.97. The maximum absolute atomic E-state index is 5.82. The van der Waals surface area contributed by atoms with Gasteiger partial charge >= 0.3 is 0 Å². The van der Waals surface area contributed by atoms with Gasteiger partial charge in [-0.05, 0) is 33.2 Å². The molecule has 0 aliphatic carbocycles. The molecule has 0 bridgehead atoms. The summed E-state index contributed by atoms with van der Waals surface area (Å²) in [7, 11) is 0. The van der Waals surface area contributed by atoms with Crippen LogP contribution in [0.3, 0.4) is 0 Å². The summed E-state index contributed by atoms with van der Waals surface area (Å²) in [6.07, 6.45) is 7.57. The Morgan fingerprint density at radius 3 is 3.00 bits per heavy atom. The van der Waals surface area contributed by atoms with Gasteiger partial charge in [0.15, 0.2) is 0 Å². The van der Waals surface area contributed by atoms with E-state index in [0.717, 1.165) is 13.0 Å². The zero-order valence-corrected chi connectivity index (χ0v) is 9.97. The molecule has 1 aliphatic heterocycles. The Morgan fingerprint density at radius 1 is 1.44 bits per heavy atom. The van der Waals surface area contributed by atoms with Crippen molar-refractivity contribution >= 4 is 0 Å². The highest BCUT2D eigenvalue weighted by Crippen LogP contribution is 2.17. The van der Waals surface area contributed by atoms with E-state index in [9.17, 15) is 0 Å². The quantitative estimate of drug-likeness (QED) is 0.779. The first-order valence-corrected chi connectivity index (χ1v) is 5.92. The van der Waals surface area contributed by atoms with Gasteiger partial charge in [0, 0.05) is 25.0 Å². The van der Waals surface area contributed by atoms with Crippen LogP contribution in [0, 0.1) is 0 Å². The summed E-state index contributed by atoms with van der Waals surface area (Å²) in [5, 5.41) is 0. The number of likely N-dealkylation sites (tertiary alicyclic amines) is 1. The van der Waals surface area contributed by atoms with E-state index >= 15 is 0 Å². The van der Waals surface area contributed by atoms with Crippen LogP contribution >= 0.6 is 0 Å². The van der Waals surface area contributed by atoms with Crippen LogP contribution in [-0.2, 0) is 0 Å². The largest absolute Gasteiger partial charge is 0.472 e. The molecule has 0 amide bonds. The molecule has 0 saturated carbocycles. The first-order chi connectivity index (χ1) is 7.75. The van der Waals surface area contributed by atoms with Gasteiger partial charge in [-0.2, -0.15) is 0 Å². The van der Waals surface area contributed by atoms with Crippen LogP contribution in [0.4, 0.5) is 0 Å². The summed E-state index contributed by atoms with van der Waals surface area (Å²) in [4.78, 5) is 10.6.